The lowest BCUT2D eigenvalue weighted by atomic mass is 9.62. The fourth-order valence-electron chi connectivity index (χ4n) is 1.36. The molecule has 0 aromatic carbocycles. The summed E-state index contributed by atoms with van der Waals surface area (Å²) in [4.78, 5) is 0. The number of nitrogens with one attached hydrogen (secondary N) is 1. The van der Waals surface area contributed by atoms with Crippen LogP contribution in [0.15, 0.2) is 0 Å². The molecule has 1 N–H and O–H groups in total. The van der Waals surface area contributed by atoms with E-state index in [1.165, 1.54) is 0 Å². The zero-order valence-corrected chi connectivity index (χ0v) is 6.73. The van der Waals surface area contributed by atoms with Crippen molar-refractivity contribution in [2.24, 2.45) is 5.41 Å². The van der Waals surface area contributed by atoms with Gasteiger partial charge in [0, 0.05) is 6.42 Å². The van der Waals surface area contributed by atoms with Crippen LogP contribution in [0.4, 0.5) is 35.1 Å². The van der Waals surface area contributed by atoms with Crippen LogP contribution in [-0.4, -0.2) is 24.0 Å². The highest BCUT2D eigenvalue weighted by Gasteiger charge is 2.89. The summed E-state index contributed by atoms with van der Waals surface area (Å²) in [6, 6.07) is 0. The van der Waals surface area contributed by atoms with Crippen LogP contribution in [0, 0.1) is 10.8 Å². The van der Waals surface area contributed by atoms with Gasteiger partial charge >= 0.3 is 18.3 Å². The van der Waals surface area contributed by atoms with Gasteiger partial charge in [0.05, 0.1) is 5.71 Å². The fourth-order valence-corrected chi connectivity index (χ4v) is 1.36. The second-order valence-electron chi connectivity index (χ2n) is 3.13. The van der Waals surface area contributed by atoms with E-state index in [1.54, 1.807) is 0 Å². The predicted octanol–water partition coefficient (Wildman–Crippen LogP) is 3.16. The molecule has 0 aliphatic heterocycles. The van der Waals surface area contributed by atoms with E-state index in [4.69, 9.17) is 5.41 Å². The van der Waals surface area contributed by atoms with Crippen LogP contribution >= 0.6 is 0 Å². The van der Waals surface area contributed by atoms with Gasteiger partial charge in [0.15, 0.2) is 0 Å². The van der Waals surface area contributed by atoms with E-state index in [2.05, 4.69) is 0 Å². The van der Waals surface area contributed by atoms with Gasteiger partial charge in [0.1, 0.15) is 0 Å². The molecular formula is C6H3F8N. The number of hydrogen-bond donors (Lipinski definition) is 1. The lowest BCUT2D eigenvalue weighted by Gasteiger charge is -2.50. The standard InChI is InChI=1S/C6H3F8N/c7-4(8)2(15)1-3(4,5(9,10)11)6(12,13)14/h15H,1H2. The largest absolute Gasteiger partial charge is 0.409 e. The van der Waals surface area contributed by atoms with E-state index in [0.717, 1.165) is 0 Å². The molecule has 0 aromatic heterocycles. The van der Waals surface area contributed by atoms with Crippen molar-refractivity contribution in [3.63, 3.8) is 0 Å². The first-order valence-electron chi connectivity index (χ1n) is 3.47. The summed E-state index contributed by atoms with van der Waals surface area (Å²) in [5.41, 5.74) is -6.94. The number of alkyl halides is 8. The van der Waals surface area contributed by atoms with E-state index in [0.29, 0.717) is 0 Å². The van der Waals surface area contributed by atoms with Crippen LogP contribution < -0.4 is 0 Å². The molecule has 1 aliphatic rings. The van der Waals surface area contributed by atoms with Crippen molar-refractivity contribution in [2.45, 2.75) is 24.7 Å². The van der Waals surface area contributed by atoms with Crippen molar-refractivity contribution in [1.82, 2.24) is 0 Å². The molecule has 0 saturated heterocycles. The summed E-state index contributed by atoms with van der Waals surface area (Å²) in [5, 5.41) is 6.30. The minimum atomic E-state index is -6.13. The maximum absolute atomic E-state index is 12.6. The molecule has 1 nitrogen and oxygen atoms in total. The van der Waals surface area contributed by atoms with E-state index < -0.39 is 35.8 Å². The Bertz CT molecular complexity index is 283. The highest BCUT2D eigenvalue weighted by molar-refractivity contribution is 5.97. The minimum Gasteiger partial charge on any atom is -0.303 e. The van der Waals surface area contributed by atoms with Crippen molar-refractivity contribution < 1.29 is 35.1 Å². The van der Waals surface area contributed by atoms with Crippen LogP contribution in [0.5, 0.6) is 0 Å². The lowest BCUT2D eigenvalue weighted by molar-refractivity contribution is -0.398. The van der Waals surface area contributed by atoms with Gasteiger partial charge in [0.25, 0.3) is 0 Å². The quantitative estimate of drug-likeness (QED) is 0.630. The molecule has 0 radical (unpaired) electrons. The van der Waals surface area contributed by atoms with Gasteiger partial charge in [-0.2, -0.15) is 35.1 Å². The highest BCUT2D eigenvalue weighted by atomic mass is 19.4. The van der Waals surface area contributed by atoms with Gasteiger partial charge in [-0.05, 0) is 0 Å². The van der Waals surface area contributed by atoms with Gasteiger partial charge in [-0.1, -0.05) is 0 Å². The Labute approximate surface area is 77.6 Å². The normalized spacial score (nSPS) is 24.9. The van der Waals surface area contributed by atoms with Crippen LogP contribution in [0.3, 0.4) is 0 Å². The van der Waals surface area contributed by atoms with Crippen LogP contribution in [0.25, 0.3) is 0 Å². The van der Waals surface area contributed by atoms with Gasteiger partial charge < -0.3 is 5.41 Å². The Morgan fingerprint density at radius 3 is 1.33 bits per heavy atom. The molecule has 0 aromatic rings. The molecule has 0 amide bonds. The molecule has 0 atom stereocenters. The Morgan fingerprint density at radius 1 is 0.933 bits per heavy atom. The zero-order valence-electron chi connectivity index (χ0n) is 6.73. The molecule has 0 heterocycles. The lowest BCUT2D eigenvalue weighted by Crippen LogP contribution is -2.72. The van der Waals surface area contributed by atoms with Crippen LogP contribution in [-0.2, 0) is 0 Å². The molecule has 9 heteroatoms. The third-order valence-electron chi connectivity index (χ3n) is 2.32. The predicted molar refractivity (Wildman–Crippen MR) is 31.8 cm³/mol. The average molecular weight is 241 g/mol. The third-order valence-corrected chi connectivity index (χ3v) is 2.32. The summed E-state index contributed by atoms with van der Waals surface area (Å²) in [5.74, 6) is -5.20. The monoisotopic (exact) mass is 241 g/mol. The summed E-state index contributed by atoms with van der Waals surface area (Å²) in [7, 11) is 0. The van der Waals surface area contributed by atoms with Crippen molar-refractivity contribution >= 4 is 5.71 Å². The summed E-state index contributed by atoms with van der Waals surface area (Å²) in [6.07, 6.45) is -14.3. The zero-order chi connectivity index (χ0) is 12.3. The molecule has 1 rings (SSSR count). The molecule has 0 unspecified atom stereocenters. The molecule has 0 spiro atoms. The third kappa shape index (κ3) is 1.18. The first-order valence-corrected chi connectivity index (χ1v) is 3.47. The van der Waals surface area contributed by atoms with E-state index in [1.807, 2.05) is 0 Å². The van der Waals surface area contributed by atoms with E-state index in [-0.39, 0.29) is 0 Å². The smallest absolute Gasteiger partial charge is 0.303 e. The Hall–Kier alpha value is -0.890. The summed E-state index contributed by atoms with van der Waals surface area (Å²) in [6.45, 7) is 0. The second-order valence-corrected chi connectivity index (χ2v) is 3.13. The van der Waals surface area contributed by atoms with Gasteiger partial charge in [-0.15, -0.1) is 0 Å². The maximum Gasteiger partial charge on any atom is 0.409 e. The van der Waals surface area contributed by atoms with Crippen molar-refractivity contribution in [1.29, 1.82) is 5.41 Å². The van der Waals surface area contributed by atoms with E-state index >= 15 is 0 Å². The minimum absolute atomic E-state index is 1.85. The molecule has 1 fully saturated rings. The first-order chi connectivity index (χ1) is 6.38. The van der Waals surface area contributed by atoms with Crippen molar-refractivity contribution in [2.75, 3.05) is 0 Å². The summed E-state index contributed by atoms with van der Waals surface area (Å²) >= 11 is 0. The second kappa shape index (κ2) is 2.62. The Balaban J connectivity index is 3.32. The topological polar surface area (TPSA) is 23.9 Å². The van der Waals surface area contributed by atoms with E-state index in [9.17, 15) is 35.1 Å². The highest BCUT2D eigenvalue weighted by Crippen LogP contribution is 2.67. The molecule has 15 heavy (non-hydrogen) atoms. The Morgan fingerprint density at radius 2 is 1.27 bits per heavy atom. The van der Waals surface area contributed by atoms with Gasteiger partial charge in [-0.3, -0.25) is 0 Å². The molecule has 1 aliphatic carbocycles. The average Bonchev–Trinajstić information content (AvgIpc) is 1.94. The maximum atomic E-state index is 12.6. The SMILES string of the molecule is N=C1CC(C(F)(F)F)(C(F)(F)F)C1(F)F. The van der Waals surface area contributed by atoms with Gasteiger partial charge in [-0.25, -0.2) is 0 Å². The van der Waals surface area contributed by atoms with Crippen molar-refractivity contribution in [3.8, 4) is 0 Å². The number of halogens is 8. The molecule has 1 saturated carbocycles. The molecule has 0 bridgehead atoms. The molecular weight excluding hydrogens is 238 g/mol. The summed E-state index contributed by atoms with van der Waals surface area (Å²) < 4.78 is 97.3. The fraction of sp³-hybridized carbons (Fsp3) is 0.833. The first kappa shape index (κ1) is 12.2. The van der Waals surface area contributed by atoms with Crippen LogP contribution in [0.1, 0.15) is 6.42 Å². The number of hydrogen-bond acceptors (Lipinski definition) is 1. The number of rotatable bonds is 0. The van der Waals surface area contributed by atoms with Crippen LogP contribution in [0.2, 0.25) is 0 Å². The Kier molecular flexibility index (Phi) is 2.12. The van der Waals surface area contributed by atoms with Crippen molar-refractivity contribution in [3.05, 3.63) is 0 Å². The molecule has 88 valence electrons. The van der Waals surface area contributed by atoms with Gasteiger partial charge in [0.2, 0.25) is 5.41 Å².